The first kappa shape index (κ1) is 12.2. The Labute approximate surface area is 112 Å². The first-order chi connectivity index (χ1) is 8.83. The van der Waals surface area contributed by atoms with Crippen LogP contribution in [0.5, 0.6) is 11.5 Å². The molecule has 0 spiro atoms. The van der Waals surface area contributed by atoms with Gasteiger partial charge in [0, 0.05) is 11.8 Å². The van der Waals surface area contributed by atoms with E-state index < -0.39 is 0 Å². The lowest BCUT2D eigenvalue weighted by molar-refractivity contribution is 0.171. The summed E-state index contributed by atoms with van der Waals surface area (Å²) >= 11 is 2.03. The molecule has 18 heavy (non-hydrogen) atoms. The number of rotatable bonds is 1. The molecule has 1 saturated heterocycles. The molecule has 0 saturated carbocycles. The average molecular weight is 265 g/mol. The molecule has 1 aromatic rings. The summed E-state index contributed by atoms with van der Waals surface area (Å²) in [6.45, 7) is 4.69. The number of thioether (sulfide) groups is 1. The van der Waals surface area contributed by atoms with Gasteiger partial charge in [-0.2, -0.15) is 11.8 Å². The van der Waals surface area contributed by atoms with E-state index in [1.165, 1.54) is 11.3 Å². The highest BCUT2D eigenvalue weighted by molar-refractivity contribution is 7.99. The molecule has 2 heterocycles. The number of fused-ring (bicyclic) bond motifs is 1. The topological polar surface area (TPSA) is 30.5 Å². The Morgan fingerprint density at radius 2 is 2.00 bits per heavy atom. The second-order valence-electron chi connectivity index (χ2n) is 5.01. The molecule has 0 radical (unpaired) electrons. The third kappa shape index (κ3) is 2.59. The quantitative estimate of drug-likeness (QED) is 0.845. The molecule has 2 unspecified atom stereocenters. The van der Waals surface area contributed by atoms with Gasteiger partial charge in [0.1, 0.15) is 13.2 Å². The second kappa shape index (κ2) is 5.41. The normalized spacial score (nSPS) is 27.6. The van der Waals surface area contributed by atoms with Gasteiger partial charge in [0.25, 0.3) is 0 Å². The minimum Gasteiger partial charge on any atom is -0.486 e. The molecule has 2 atom stereocenters. The van der Waals surface area contributed by atoms with Gasteiger partial charge in [0.05, 0.1) is 0 Å². The Hall–Kier alpha value is -0.870. The van der Waals surface area contributed by atoms with Crippen molar-refractivity contribution >= 4 is 11.8 Å². The van der Waals surface area contributed by atoms with Crippen molar-refractivity contribution in [3.8, 4) is 11.5 Å². The van der Waals surface area contributed by atoms with Gasteiger partial charge in [-0.15, -0.1) is 0 Å². The minimum absolute atomic E-state index is 0.427. The monoisotopic (exact) mass is 265 g/mol. The predicted octanol–water partition coefficient (Wildman–Crippen LogP) is 2.47. The van der Waals surface area contributed by atoms with E-state index in [0.29, 0.717) is 19.3 Å². The molecule has 0 bridgehead atoms. The first-order valence-corrected chi connectivity index (χ1v) is 7.69. The Morgan fingerprint density at radius 3 is 2.89 bits per heavy atom. The lowest BCUT2D eigenvalue weighted by atomic mass is 10.1. The largest absolute Gasteiger partial charge is 0.486 e. The highest BCUT2D eigenvalue weighted by atomic mass is 32.2. The van der Waals surface area contributed by atoms with Crippen LogP contribution < -0.4 is 14.8 Å². The van der Waals surface area contributed by atoms with Gasteiger partial charge in [0.2, 0.25) is 0 Å². The Balaban J connectivity index is 1.79. The molecule has 1 N–H and O–H groups in total. The fraction of sp³-hybridized carbons (Fsp3) is 0.571. The Morgan fingerprint density at radius 1 is 1.17 bits per heavy atom. The molecule has 2 aliphatic heterocycles. The van der Waals surface area contributed by atoms with Gasteiger partial charge in [-0.3, -0.25) is 0 Å². The molecular weight excluding hydrogens is 246 g/mol. The van der Waals surface area contributed by atoms with E-state index in [9.17, 15) is 0 Å². The van der Waals surface area contributed by atoms with Gasteiger partial charge in [-0.05, 0) is 35.9 Å². The van der Waals surface area contributed by atoms with Crippen molar-refractivity contribution in [2.45, 2.75) is 13.0 Å². The molecule has 0 aliphatic carbocycles. The van der Waals surface area contributed by atoms with Gasteiger partial charge in [-0.1, -0.05) is 13.0 Å². The Kier molecular flexibility index (Phi) is 3.66. The van der Waals surface area contributed by atoms with E-state index in [1.807, 2.05) is 17.8 Å². The van der Waals surface area contributed by atoms with Crippen LogP contribution in [0.15, 0.2) is 18.2 Å². The predicted molar refractivity (Wildman–Crippen MR) is 74.7 cm³/mol. The van der Waals surface area contributed by atoms with Crippen LogP contribution in [0, 0.1) is 5.92 Å². The van der Waals surface area contributed by atoms with Gasteiger partial charge < -0.3 is 14.8 Å². The summed E-state index contributed by atoms with van der Waals surface area (Å²) in [6.07, 6.45) is 0. The summed E-state index contributed by atoms with van der Waals surface area (Å²) in [6, 6.07) is 6.74. The van der Waals surface area contributed by atoms with Crippen molar-refractivity contribution in [3.63, 3.8) is 0 Å². The van der Waals surface area contributed by atoms with E-state index in [1.54, 1.807) is 0 Å². The number of hydrogen-bond donors (Lipinski definition) is 1. The van der Waals surface area contributed by atoms with E-state index in [2.05, 4.69) is 24.4 Å². The van der Waals surface area contributed by atoms with Crippen molar-refractivity contribution in [3.05, 3.63) is 23.8 Å². The van der Waals surface area contributed by atoms with Gasteiger partial charge in [-0.25, -0.2) is 0 Å². The maximum atomic E-state index is 5.65. The van der Waals surface area contributed by atoms with Crippen molar-refractivity contribution in [2.75, 3.05) is 31.3 Å². The van der Waals surface area contributed by atoms with Crippen LogP contribution >= 0.6 is 11.8 Å². The van der Waals surface area contributed by atoms with Crippen LogP contribution in [0.25, 0.3) is 0 Å². The lowest BCUT2D eigenvalue weighted by Crippen LogP contribution is -2.25. The zero-order valence-corrected chi connectivity index (χ0v) is 11.5. The Bertz CT molecular complexity index is 424. The van der Waals surface area contributed by atoms with Crippen molar-refractivity contribution < 1.29 is 9.47 Å². The maximum Gasteiger partial charge on any atom is 0.161 e. The van der Waals surface area contributed by atoms with E-state index >= 15 is 0 Å². The van der Waals surface area contributed by atoms with Crippen LogP contribution in [0.3, 0.4) is 0 Å². The van der Waals surface area contributed by atoms with Gasteiger partial charge in [0.15, 0.2) is 11.5 Å². The average Bonchev–Trinajstić information content (AvgIpc) is 2.63. The van der Waals surface area contributed by atoms with Crippen LogP contribution in [0.2, 0.25) is 0 Å². The smallest absolute Gasteiger partial charge is 0.161 e. The lowest BCUT2D eigenvalue weighted by Gasteiger charge is -2.22. The molecule has 1 fully saturated rings. The van der Waals surface area contributed by atoms with Crippen LogP contribution in [0.4, 0.5) is 0 Å². The highest BCUT2D eigenvalue weighted by Crippen LogP contribution is 2.34. The molecule has 1 aromatic carbocycles. The molecule has 3 nitrogen and oxygen atoms in total. The summed E-state index contributed by atoms with van der Waals surface area (Å²) in [5.41, 5.74) is 1.31. The van der Waals surface area contributed by atoms with Crippen LogP contribution in [-0.2, 0) is 0 Å². The molecular formula is C14H19NO2S. The molecule has 2 aliphatic rings. The highest BCUT2D eigenvalue weighted by Gasteiger charge is 2.20. The standard InChI is InChI=1S/C14H19NO2S/c1-10-7-15-12(9-18-8-10)11-2-3-13-14(6-11)17-5-4-16-13/h2-3,6,10,12,15H,4-5,7-9H2,1H3. The van der Waals surface area contributed by atoms with Crippen molar-refractivity contribution in [1.29, 1.82) is 0 Å². The summed E-state index contributed by atoms with van der Waals surface area (Å²) in [5.74, 6) is 4.89. The van der Waals surface area contributed by atoms with Crippen molar-refractivity contribution in [2.24, 2.45) is 5.92 Å². The minimum atomic E-state index is 0.427. The molecule has 98 valence electrons. The molecule has 0 aromatic heterocycles. The van der Waals surface area contributed by atoms with Crippen LogP contribution in [0.1, 0.15) is 18.5 Å². The van der Waals surface area contributed by atoms with E-state index in [-0.39, 0.29) is 0 Å². The number of nitrogens with one attached hydrogen (secondary N) is 1. The summed E-state index contributed by atoms with van der Waals surface area (Å²) in [7, 11) is 0. The fourth-order valence-corrected chi connectivity index (χ4v) is 3.54. The molecule has 4 heteroatoms. The molecule has 0 amide bonds. The van der Waals surface area contributed by atoms with Crippen LogP contribution in [-0.4, -0.2) is 31.3 Å². The maximum absolute atomic E-state index is 5.65. The molecule has 3 rings (SSSR count). The second-order valence-corrected chi connectivity index (χ2v) is 6.08. The summed E-state index contributed by atoms with van der Waals surface area (Å²) in [4.78, 5) is 0. The fourth-order valence-electron chi connectivity index (χ4n) is 2.34. The zero-order valence-electron chi connectivity index (χ0n) is 10.6. The zero-order chi connectivity index (χ0) is 12.4. The SMILES string of the molecule is CC1CNC(c2ccc3c(c2)OCCO3)CSC1. The third-order valence-corrected chi connectivity index (χ3v) is 4.74. The first-order valence-electron chi connectivity index (χ1n) is 6.53. The van der Waals surface area contributed by atoms with Gasteiger partial charge >= 0.3 is 0 Å². The number of benzene rings is 1. The number of ether oxygens (including phenoxy) is 2. The van der Waals surface area contributed by atoms with E-state index in [4.69, 9.17) is 9.47 Å². The van der Waals surface area contributed by atoms with E-state index in [0.717, 1.165) is 29.7 Å². The summed E-state index contributed by atoms with van der Waals surface area (Å²) < 4.78 is 11.2. The summed E-state index contributed by atoms with van der Waals surface area (Å²) in [5, 5.41) is 3.64. The van der Waals surface area contributed by atoms with Crippen molar-refractivity contribution in [1.82, 2.24) is 5.32 Å². The third-order valence-electron chi connectivity index (χ3n) is 3.37. The number of hydrogen-bond acceptors (Lipinski definition) is 4.